The van der Waals surface area contributed by atoms with Crippen LogP contribution >= 0.6 is 0 Å². The van der Waals surface area contributed by atoms with Gasteiger partial charge in [0.25, 0.3) is 5.91 Å². The molecular weight excluding hydrogens is 482 g/mol. The second kappa shape index (κ2) is 13.5. The molecule has 0 aromatic heterocycles. The van der Waals surface area contributed by atoms with E-state index in [4.69, 9.17) is 4.74 Å². The molecule has 2 aliphatic heterocycles. The first-order valence-electron chi connectivity index (χ1n) is 14.3. The number of likely N-dealkylation sites (tertiary alicyclic amines) is 2. The van der Waals surface area contributed by atoms with Crippen molar-refractivity contribution in [1.82, 2.24) is 15.1 Å². The van der Waals surface area contributed by atoms with E-state index in [9.17, 15) is 4.79 Å². The zero-order valence-corrected chi connectivity index (χ0v) is 22.9. The van der Waals surface area contributed by atoms with E-state index in [1.807, 2.05) is 54.6 Å². The summed E-state index contributed by atoms with van der Waals surface area (Å²) in [4.78, 5) is 17.6. The molecule has 1 N–H and O–H groups in total. The van der Waals surface area contributed by atoms with Crippen LogP contribution in [0.15, 0.2) is 78.9 Å². The summed E-state index contributed by atoms with van der Waals surface area (Å²) >= 11 is 0. The molecule has 1 atom stereocenters. The minimum absolute atomic E-state index is 0.0217. The predicted molar refractivity (Wildman–Crippen MR) is 157 cm³/mol. The van der Waals surface area contributed by atoms with Crippen LogP contribution in [0.5, 0.6) is 5.75 Å². The SMILES string of the molecule is CN1CCCC1CCNC(=O)c1cccc(OC2CCN(Cc3cccc(C#Cc4ccccc4)c3)CC2)c1. The van der Waals surface area contributed by atoms with Crippen LogP contribution in [-0.2, 0) is 6.54 Å². The Morgan fingerprint density at radius 2 is 1.67 bits per heavy atom. The van der Waals surface area contributed by atoms with E-state index in [-0.39, 0.29) is 12.0 Å². The predicted octanol–water partition coefficient (Wildman–Crippen LogP) is 5.34. The van der Waals surface area contributed by atoms with Gasteiger partial charge in [0.15, 0.2) is 0 Å². The third-order valence-electron chi connectivity index (χ3n) is 7.83. The van der Waals surface area contributed by atoms with Gasteiger partial charge in [-0.25, -0.2) is 0 Å². The van der Waals surface area contributed by atoms with E-state index in [0.717, 1.165) is 62.3 Å². The fraction of sp³-hybridized carbons (Fsp3) is 0.382. The Morgan fingerprint density at radius 1 is 0.897 bits per heavy atom. The van der Waals surface area contributed by atoms with Gasteiger partial charge in [0.05, 0.1) is 0 Å². The van der Waals surface area contributed by atoms with Crippen LogP contribution in [0.2, 0.25) is 0 Å². The molecule has 5 rings (SSSR count). The molecule has 0 aliphatic carbocycles. The molecule has 0 radical (unpaired) electrons. The van der Waals surface area contributed by atoms with E-state index in [0.29, 0.717) is 18.2 Å². The van der Waals surface area contributed by atoms with Crippen molar-refractivity contribution in [3.63, 3.8) is 0 Å². The fourth-order valence-corrected chi connectivity index (χ4v) is 5.56. The summed E-state index contributed by atoms with van der Waals surface area (Å²) in [5.41, 5.74) is 4.03. The summed E-state index contributed by atoms with van der Waals surface area (Å²) in [7, 11) is 2.17. The summed E-state index contributed by atoms with van der Waals surface area (Å²) in [5.74, 6) is 7.30. The summed E-state index contributed by atoms with van der Waals surface area (Å²) in [5, 5.41) is 3.09. The van der Waals surface area contributed by atoms with Crippen LogP contribution in [0.3, 0.4) is 0 Å². The summed E-state index contributed by atoms with van der Waals surface area (Å²) in [6, 6.07) is 26.8. The number of nitrogens with zero attached hydrogens (tertiary/aromatic N) is 2. The Morgan fingerprint density at radius 3 is 2.46 bits per heavy atom. The maximum atomic E-state index is 12.7. The van der Waals surface area contributed by atoms with Crippen LogP contribution in [0.4, 0.5) is 0 Å². The Balaban J connectivity index is 1.07. The van der Waals surface area contributed by atoms with Crippen LogP contribution in [-0.4, -0.2) is 61.1 Å². The molecule has 2 heterocycles. The third kappa shape index (κ3) is 7.95. The Kier molecular flexibility index (Phi) is 9.32. The van der Waals surface area contributed by atoms with Gasteiger partial charge in [-0.15, -0.1) is 0 Å². The zero-order chi connectivity index (χ0) is 26.9. The highest BCUT2D eigenvalue weighted by Gasteiger charge is 2.22. The minimum Gasteiger partial charge on any atom is -0.490 e. The van der Waals surface area contributed by atoms with Gasteiger partial charge in [-0.2, -0.15) is 0 Å². The number of benzene rings is 3. The molecule has 2 aliphatic rings. The number of hydrogen-bond donors (Lipinski definition) is 1. The highest BCUT2D eigenvalue weighted by atomic mass is 16.5. The topological polar surface area (TPSA) is 44.8 Å². The van der Waals surface area contributed by atoms with Gasteiger partial charge in [-0.1, -0.05) is 48.2 Å². The first-order valence-corrected chi connectivity index (χ1v) is 14.3. The third-order valence-corrected chi connectivity index (χ3v) is 7.83. The van der Waals surface area contributed by atoms with Gasteiger partial charge in [-0.3, -0.25) is 9.69 Å². The molecule has 2 saturated heterocycles. The molecule has 1 unspecified atom stereocenters. The Hall–Kier alpha value is -3.59. The van der Waals surface area contributed by atoms with Gasteiger partial charge >= 0.3 is 0 Å². The number of piperidine rings is 1. The molecule has 1 amide bonds. The zero-order valence-electron chi connectivity index (χ0n) is 22.9. The number of carbonyl (C=O) groups is 1. The fourth-order valence-electron chi connectivity index (χ4n) is 5.56. The van der Waals surface area contributed by atoms with Crippen molar-refractivity contribution < 1.29 is 9.53 Å². The van der Waals surface area contributed by atoms with Crippen LogP contribution in [0.25, 0.3) is 0 Å². The molecule has 3 aromatic carbocycles. The minimum atomic E-state index is -0.0217. The quantitative estimate of drug-likeness (QED) is 0.406. The van der Waals surface area contributed by atoms with Crippen molar-refractivity contribution in [3.05, 3.63) is 101 Å². The second-order valence-corrected chi connectivity index (χ2v) is 10.8. The Labute approximate surface area is 233 Å². The number of ether oxygens (including phenoxy) is 1. The normalized spacial score (nSPS) is 18.3. The van der Waals surface area contributed by atoms with E-state index in [2.05, 4.69) is 58.3 Å². The van der Waals surface area contributed by atoms with E-state index < -0.39 is 0 Å². The molecule has 5 nitrogen and oxygen atoms in total. The first-order chi connectivity index (χ1) is 19.1. The smallest absolute Gasteiger partial charge is 0.251 e. The number of hydrogen-bond acceptors (Lipinski definition) is 4. The lowest BCUT2D eigenvalue weighted by Crippen LogP contribution is -2.37. The number of carbonyl (C=O) groups excluding carboxylic acids is 1. The second-order valence-electron chi connectivity index (χ2n) is 10.8. The molecule has 0 bridgehead atoms. The molecule has 202 valence electrons. The summed E-state index contributed by atoms with van der Waals surface area (Å²) in [6.07, 6.45) is 5.59. The van der Waals surface area contributed by atoms with Crippen molar-refractivity contribution in [2.75, 3.05) is 33.2 Å². The van der Waals surface area contributed by atoms with Crippen LogP contribution < -0.4 is 10.1 Å². The molecule has 39 heavy (non-hydrogen) atoms. The average molecular weight is 522 g/mol. The van der Waals surface area contributed by atoms with Crippen molar-refractivity contribution in [2.24, 2.45) is 0 Å². The van der Waals surface area contributed by atoms with Crippen molar-refractivity contribution in [2.45, 2.75) is 50.8 Å². The molecule has 0 saturated carbocycles. The van der Waals surface area contributed by atoms with Crippen molar-refractivity contribution >= 4 is 5.91 Å². The van der Waals surface area contributed by atoms with E-state index in [1.165, 1.54) is 18.4 Å². The first kappa shape index (κ1) is 27.0. The highest BCUT2D eigenvalue weighted by molar-refractivity contribution is 5.94. The Bertz CT molecular complexity index is 1290. The summed E-state index contributed by atoms with van der Waals surface area (Å²) < 4.78 is 6.31. The summed E-state index contributed by atoms with van der Waals surface area (Å²) in [6.45, 7) is 4.76. The maximum Gasteiger partial charge on any atom is 0.251 e. The lowest BCUT2D eigenvalue weighted by atomic mass is 10.1. The lowest BCUT2D eigenvalue weighted by Gasteiger charge is -2.32. The van der Waals surface area contributed by atoms with Crippen LogP contribution in [0, 0.1) is 11.8 Å². The molecule has 3 aromatic rings. The van der Waals surface area contributed by atoms with Crippen molar-refractivity contribution in [3.8, 4) is 17.6 Å². The molecule has 0 spiro atoms. The molecule has 5 heteroatoms. The number of nitrogens with one attached hydrogen (secondary N) is 1. The van der Waals surface area contributed by atoms with Crippen LogP contribution in [0.1, 0.15) is 59.2 Å². The molecular formula is C34H39N3O2. The highest BCUT2D eigenvalue weighted by Crippen LogP contribution is 2.22. The van der Waals surface area contributed by atoms with Gasteiger partial charge < -0.3 is 15.0 Å². The monoisotopic (exact) mass is 521 g/mol. The molecule has 2 fully saturated rings. The standard InChI is InChI=1S/C34H39N3O2/c1-36-21-7-13-31(36)17-20-35-34(38)30-12-6-14-33(25-30)39-32-18-22-37(23-19-32)26-29-11-5-10-28(24-29)16-15-27-8-3-2-4-9-27/h2-6,8-12,14,24-25,31-32H,7,13,17-23,26H2,1H3,(H,35,38). The number of rotatable bonds is 8. The lowest BCUT2D eigenvalue weighted by molar-refractivity contribution is 0.0934. The van der Waals surface area contributed by atoms with E-state index in [1.54, 1.807) is 0 Å². The maximum absolute atomic E-state index is 12.7. The van der Waals surface area contributed by atoms with Gasteiger partial charge in [-0.05, 0) is 93.7 Å². The van der Waals surface area contributed by atoms with E-state index >= 15 is 0 Å². The van der Waals surface area contributed by atoms with Gasteiger partial charge in [0.1, 0.15) is 11.9 Å². The largest absolute Gasteiger partial charge is 0.490 e. The van der Waals surface area contributed by atoms with Gasteiger partial charge in [0, 0.05) is 48.9 Å². The number of amides is 1. The van der Waals surface area contributed by atoms with Gasteiger partial charge in [0.2, 0.25) is 0 Å². The van der Waals surface area contributed by atoms with Crippen molar-refractivity contribution in [1.29, 1.82) is 0 Å². The average Bonchev–Trinajstić information content (AvgIpc) is 3.38.